The monoisotopic (exact) mass is 373 g/mol. The average Bonchev–Trinajstić information content (AvgIpc) is 2.65. The zero-order valence-corrected chi connectivity index (χ0v) is 14.1. The lowest BCUT2D eigenvalue weighted by atomic mass is 10.1. The number of carbonyl (C=O) groups is 2. The number of nitrogens with one attached hydrogen (secondary N) is 2. The molecular weight excluding hydrogens is 359 g/mol. The summed E-state index contributed by atoms with van der Waals surface area (Å²) in [6.07, 6.45) is -3.27. The minimum atomic E-state index is -4.54. The molecule has 0 saturated heterocycles. The number of amides is 2. The topological polar surface area (TPSA) is 82.0 Å². The molecule has 2 amide bonds. The Morgan fingerprint density at radius 1 is 1.11 bits per heavy atom. The van der Waals surface area contributed by atoms with Gasteiger partial charge in [0, 0.05) is 18.3 Å². The van der Waals surface area contributed by atoms with E-state index in [4.69, 9.17) is 0 Å². The van der Waals surface area contributed by atoms with Crippen LogP contribution in [0.5, 0.6) is 0 Å². The van der Waals surface area contributed by atoms with Gasteiger partial charge in [-0.3, -0.25) is 9.59 Å². The van der Waals surface area contributed by atoms with E-state index in [0.29, 0.717) is 11.1 Å². The maximum atomic E-state index is 12.7. The molecule has 0 aliphatic heterocycles. The molecule has 0 atom stereocenters. The van der Waals surface area contributed by atoms with Crippen LogP contribution in [0.4, 0.5) is 18.9 Å². The van der Waals surface area contributed by atoms with Crippen molar-refractivity contribution in [3.63, 3.8) is 0 Å². The predicted octanol–water partition coefficient (Wildman–Crippen LogP) is 3.61. The SMILES string of the molecule is CNC(=O)c1ccc(/C=C(/C#N)C(=O)Nc2cccc(C(F)(F)F)c2)cc1. The number of alkyl halides is 3. The van der Waals surface area contributed by atoms with E-state index in [0.717, 1.165) is 18.2 Å². The smallest absolute Gasteiger partial charge is 0.355 e. The third-order valence-electron chi connectivity index (χ3n) is 3.52. The van der Waals surface area contributed by atoms with Crippen LogP contribution in [0, 0.1) is 11.3 Å². The second-order valence-electron chi connectivity index (χ2n) is 5.40. The first-order chi connectivity index (χ1) is 12.7. The van der Waals surface area contributed by atoms with Gasteiger partial charge in [0.1, 0.15) is 11.6 Å². The van der Waals surface area contributed by atoms with Gasteiger partial charge in [0.2, 0.25) is 0 Å². The fourth-order valence-corrected chi connectivity index (χ4v) is 2.16. The summed E-state index contributed by atoms with van der Waals surface area (Å²) in [4.78, 5) is 23.7. The van der Waals surface area contributed by atoms with Gasteiger partial charge >= 0.3 is 6.18 Å². The van der Waals surface area contributed by atoms with Gasteiger partial charge in [0.05, 0.1) is 5.56 Å². The van der Waals surface area contributed by atoms with Crippen LogP contribution < -0.4 is 10.6 Å². The Labute approximate surface area is 153 Å². The number of nitriles is 1. The van der Waals surface area contributed by atoms with Crippen LogP contribution in [0.15, 0.2) is 54.1 Å². The molecule has 0 spiro atoms. The number of nitrogens with zero attached hydrogens (tertiary/aromatic N) is 1. The summed E-state index contributed by atoms with van der Waals surface area (Å²) in [6.45, 7) is 0. The standard InChI is InChI=1S/C19H14F3N3O2/c1-24-17(26)13-7-5-12(6-8-13)9-14(11-23)18(27)25-16-4-2-3-15(10-16)19(20,21)22/h2-10H,1H3,(H,24,26)(H,25,27)/b14-9-. The summed E-state index contributed by atoms with van der Waals surface area (Å²) >= 11 is 0. The van der Waals surface area contributed by atoms with Gasteiger partial charge in [-0.2, -0.15) is 18.4 Å². The van der Waals surface area contributed by atoms with Crippen LogP contribution in [0.2, 0.25) is 0 Å². The average molecular weight is 373 g/mol. The first kappa shape index (κ1) is 19.7. The minimum Gasteiger partial charge on any atom is -0.355 e. The zero-order valence-electron chi connectivity index (χ0n) is 14.1. The number of hydrogen-bond acceptors (Lipinski definition) is 3. The van der Waals surface area contributed by atoms with Gasteiger partial charge in [-0.1, -0.05) is 18.2 Å². The fraction of sp³-hybridized carbons (Fsp3) is 0.105. The molecule has 0 heterocycles. The summed E-state index contributed by atoms with van der Waals surface area (Å²) in [5, 5.41) is 13.9. The molecule has 2 N–H and O–H groups in total. The van der Waals surface area contributed by atoms with Crippen molar-refractivity contribution in [3.8, 4) is 6.07 Å². The Kier molecular flexibility index (Phi) is 5.98. The molecule has 0 saturated carbocycles. The Morgan fingerprint density at radius 2 is 1.78 bits per heavy atom. The van der Waals surface area contributed by atoms with Gasteiger partial charge in [0.15, 0.2) is 0 Å². The molecule has 0 aliphatic carbocycles. The van der Waals surface area contributed by atoms with E-state index in [1.807, 2.05) is 0 Å². The van der Waals surface area contributed by atoms with Crippen molar-refractivity contribution < 1.29 is 22.8 Å². The predicted molar refractivity (Wildman–Crippen MR) is 93.5 cm³/mol. The van der Waals surface area contributed by atoms with Gasteiger partial charge in [-0.15, -0.1) is 0 Å². The maximum Gasteiger partial charge on any atom is 0.416 e. The summed E-state index contributed by atoms with van der Waals surface area (Å²) in [6, 6.07) is 11.9. The van der Waals surface area contributed by atoms with Crippen LogP contribution in [0.25, 0.3) is 6.08 Å². The molecule has 5 nitrogen and oxygen atoms in total. The molecule has 2 aromatic rings. The van der Waals surface area contributed by atoms with Gasteiger partial charge in [0.25, 0.3) is 11.8 Å². The van der Waals surface area contributed by atoms with Gasteiger partial charge < -0.3 is 10.6 Å². The molecule has 0 aromatic heterocycles. The van der Waals surface area contributed by atoms with E-state index in [2.05, 4.69) is 10.6 Å². The van der Waals surface area contributed by atoms with E-state index in [1.165, 1.54) is 31.3 Å². The Morgan fingerprint density at radius 3 is 2.33 bits per heavy atom. The number of benzene rings is 2. The molecule has 2 rings (SSSR count). The van der Waals surface area contributed by atoms with Crippen molar-refractivity contribution in [2.75, 3.05) is 12.4 Å². The molecule has 0 bridgehead atoms. The number of halogens is 3. The van der Waals surface area contributed by atoms with Crippen molar-refractivity contribution in [1.82, 2.24) is 5.32 Å². The van der Waals surface area contributed by atoms with E-state index in [1.54, 1.807) is 18.2 Å². The lowest BCUT2D eigenvalue weighted by Crippen LogP contribution is -2.17. The Hall–Kier alpha value is -3.60. The summed E-state index contributed by atoms with van der Waals surface area (Å²) in [5.74, 6) is -1.12. The lowest BCUT2D eigenvalue weighted by Gasteiger charge is -2.09. The van der Waals surface area contributed by atoms with Crippen LogP contribution in [-0.2, 0) is 11.0 Å². The highest BCUT2D eigenvalue weighted by molar-refractivity contribution is 6.09. The highest BCUT2D eigenvalue weighted by Gasteiger charge is 2.30. The van der Waals surface area contributed by atoms with Crippen molar-refractivity contribution in [1.29, 1.82) is 5.26 Å². The van der Waals surface area contributed by atoms with Crippen LogP contribution in [-0.4, -0.2) is 18.9 Å². The Balaban J connectivity index is 2.20. The molecule has 0 aliphatic rings. The van der Waals surface area contributed by atoms with Crippen LogP contribution >= 0.6 is 0 Å². The van der Waals surface area contributed by atoms with Crippen molar-refractivity contribution in [3.05, 3.63) is 70.8 Å². The molecule has 2 aromatic carbocycles. The van der Waals surface area contributed by atoms with Crippen LogP contribution in [0.3, 0.4) is 0 Å². The van der Waals surface area contributed by atoms with E-state index in [-0.39, 0.29) is 17.2 Å². The second kappa shape index (κ2) is 8.19. The Bertz CT molecular complexity index is 926. The molecule has 0 unspecified atom stereocenters. The third kappa shape index (κ3) is 5.19. The summed E-state index contributed by atoms with van der Waals surface area (Å²) in [7, 11) is 1.49. The third-order valence-corrected chi connectivity index (χ3v) is 3.52. The minimum absolute atomic E-state index is 0.0778. The molecular formula is C19H14F3N3O2. The van der Waals surface area contributed by atoms with Crippen molar-refractivity contribution in [2.24, 2.45) is 0 Å². The summed E-state index contributed by atoms with van der Waals surface area (Å²) in [5.41, 5.74) is -0.390. The number of hydrogen-bond donors (Lipinski definition) is 2. The van der Waals surface area contributed by atoms with Gasteiger partial charge in [-0.05, 0) is 42.0 Å². The molecule has 0 fully saturated rings. The second-order valence-corrected chi connectivity index (χ2v) is 5.40. The van der Waals surface area contributed by atoms with Crippen molar-refractivity contribution in [2.45, 2.75) is 6.18 Å². The highest BCUT2D eigenvalue weighted by atomic mass is 19.4. The van der Waals surface area contributed by atoms with E-state index >= 15 is 0 Å². The normalized spacial score (nSPS) is 11.4. The number of carbonyl (C=O) groups excluding carboxylic acids is 2. The molecule has 27 heavy (non-hydrogen) atoms. The van der Waals surface area contributed by atoms with Crippen LogP contribution in [0.1, 0.15) is 21.5 Å². The van der Waals surface area contributed by atoms with Gasteiger partial charge in [-0.25, -0.2) is 0 Å². The lowest BCUT2D eigenvalue weighted by molar-refractivity contribution is -0.137. The molecule has 138 valence electrons. The van der Waals surface area contributed by atoms with E-state index < -0.39 is 17.6 Å². The fourth-order valence-electron chi connectivity index (χ4n) is 2.16. The summed E-state index contributed by atoms with van der Waals surface area (Å²) < 4.78 is 38.2. The first-order valence-corrected chi connectivity index (χ1v) is 7.67. The largest absolute Gasteiger partial charge is 0.416 e. The molecule has 8 heteroatoms. The molecule has 0 radical (unpaired) electrons. The zero-order chi connectivity index (χ0) is 20.0. The number of anilines is 1. The first-order valence-electron chi connectivity index (χ1n) is 7.67. The van der Waals surface area contributed by atoms with Crippen molar-refractivity contribution >= 4 is 23.6 Å². The highest BCUT2D eigenvalue weighted by Crippen LogP contribution is 2.30. The quantitative estimate of drug-likeness (QED) is 0.635. The number of rotatable bonds is 4. The maximum absolute atomic E-state index is 12.7. The van der Waals surface area contributed by atoms with E-state index in [9.17, 15) is 28.0 Å².